The summed E-state index contributed by atoms with van der Waals surface area (Å²) >= 11 is 0. The summed E-state index contributed by atoms with van der Waals surface area (Å²) in [6, 6.07) is 9.96. The maximum absolute atomic E-state index is 12.4. The fourth-order valence-corrected chi connectivity index (χ4v) is 2.38. The van der Waals surface area contributed by atoms with Crippen LogP contribution in [-0.2, 0) is 17.9 Å². The van der Waals surface area contributed by atoms with Crippen molar-refractivity contribution in [2.45, 2.75) is 19.5 Å². The molecule has 146 valence electrons. The minimum absolute atomic E-state index is 0.145. The molecule has 3 aromatic rings. The Morgan fingerprint density at radius 3 is 2.68 bits per heavy atom. The van der Waals surface area contributed by atoms with Crippen LogP contribution >= 0.6 is 0 Å². The smallest absolute Gasteiger partial charge is 0.463 e. The third-order valence-corrected chi connectivity index (χ3v) is 3.64. The van der Waals surface area contributed by atoms with Gasteiger partial charge < -0.3 is 14.5 Å². The summed E-state index contributed by atoms with van der Waals surface area (Å²) in [5.74, 6) is -0.566. The molecule has 2 heterocycles. The van der Waals surface area contributed by atoms with E-state index in [1.165, 1.54) is 36.9 Å². The van der Waals surface area contributed by atoms with Gasteiger partial charge in [0.05, 0.1) is 12.6 Å². The largest absolute Gasteiger partial charge is 0.573 e. The molecule has 0 atom stereocenters. The number of furan rings is 1. The van der Waals surface area contributed by atoms with Gasteiger partial charge in [-0.05, 0) is 18.2 Å². The zero-order valence-electron chi connectivity index (χ0n) is 14.3. The molecule has 1 aromatic carbocycles. The van der Waals surface area contributed by atoms with Crippen molar-refractivity contribution in [3.8, 4) is 17.2 Å². The van der Waals surface area contributed by atoms with Crippen molar-refractivity contribution in [2.75, 3.05) is 0 Å². The van der Waals surface area contributed by atoms with Gasteiger partial charge in [0.25, 0.3) is 5.56 Å². The van der Waals surface area contributed by atoms with Crippen LogP contribution in [0.5, 0.6) is 5.75 Å². The van der Waals surface area contributed by atoms with Gasteiger partial charge in [-0.2, -0.15) is 0 Å². The standard InChI is InChI=1S/C18H14F3N3O4/c19-18(20,21)28-14-5-2-1-4-12(14)9-22-16(25)10-24-11-23-13(8-17(24)26)15-6-3-7-27-15/h1-8,11H,9-10H2,(H,22,25). The van der Waals surface area contributed by atoms with Crippen molar-refractivity contribution in [1.82, 2.24) is 14.9 Å². The lowest BCUT2D eigenvalue weighted by Crippen LogP contribution is -2.32. The van der Waals surface area contributed by atoms with Gasteiger partial charge in [0.1, 0.15) is 18.0 Å². The Morgan fingerprint density at radius 2 is 2.00 bits per heavy atom. The molecule has 0 spiro atoms. The first-order valence-electron chi connectivity index (χ1n) is 8.02. The van der Waals surface area contributed by atoms with E-state index in [9.17, 15) is 22.8 Å². The van der Waals surface area contributed by atoms with Gasteiger partial charge in [-0.25, -0.2) is 4.98 Å². The van der Waals surface area contributed by atoms with E-state index in [1.54, 1.807) is 12.1 Å². The fraction of sp³-hybridized carbons (Fsp3) is 0.167. The summed E-state index contributed by atoms with van der Waals surface area (Å²) < 4.78 is 47.4. The average Bonchev–Trinajstić information content (AvgIpc) is 3.16. The number of nitrogens with zero attached hydrogens (tertiary/aromatic N) is 2. The molecule has 1 N–H and O–H groups in total. The zero-order valence-corrected chi connectivity index (χ0v) is 14.3. The Morgan fingerprint density at radius 1 is 1.21 bits per heavy atom. The van der Waals surface area contributed by atoms with Gasteiger partial charge in [-0.15, -0.1) is 13.2 Å². The second-order valence-corrected chi connectivity index (χ2v) is 5.65. The summed E-state index contributed by atoms with van der Waals surface area (Å²) in [5, 5.41) is 2.45. The van der Waals surface area contributed by atoms with Crippen LogP contribution < -0.4 is 15.6 Å². The van der Waals surface area contributed by atoms with Crippen LogP contribution in [-0.4, -0.2) is 21.8 Å². The number of aromatic nitrogens is 2. The van der Waals surface area contributed by atoms with E-state index in [0.717, 1.165) is 10.6 Å². The number of amides is 1. The molecule has 28 heavy (non-hydrogen) atoms. The molecule has 0 aliphatic carbocycles. The molecule has 0 radical (unpaired) electrons. The van der Waals surface area contributed by atoms with E-state index >= 15 is 0 Å². The number of ether oxygens (including phenoxy) is 1. The molecule has 0 aliphatic heterocycles. The number of para-hydroxylation sites is 1. The van der Waals surface area contributed by atoms with Gasteiger partial charge in [0.15, 0.2) is 5.76 Å². The van der Waals surface area contributed by atoms with Crippen LogP contribution in [0, 0.1) is 0 Å². The molecular weight excluding hydrogens is 379 g/mol. The molecule has 0 unspecified atom stereocenters. The minimum Gasteiger partial charge on any atom is -0.463 e. The van der Waals surface area contributed by atoms with E-state index in [4.69, 9.17) is 4.42 Å². The first-order chi connectivity index (χ1) is 13.3. The normalized spacial score (nSPS) is 11.2. The maximum Gasteiger partial charge on any atom is 0.573 e. The molecule has 0 saturated heterocycles. The van der Waals surface area contributed by atoms with E-state index in [-0.39, 0.29) is 18.7 Å². The van der Waals surface area contributed by atoms with E-state index in [2.05, 4.69) is 15.0 Å². The van der Waals surface area contributed by atoms with Gasteiger partial charge in [-0.3, -0.25) is 14.2 Å². The van der Waals surface area contributed by atoms with Crippen LogP contribution in [0.25, 0.3) is 11.5 Å². The SMILES string of the molecule is O=C(Cn1cnc(-c2ccco2)cc1=O)NCc1ccccc1OC(F)(F)F. The molecule has 7 nitrogen and oxygen atoms in total. The molecule has 0 fully saturated rings. The number of benzene rings is 1. The lowest BCUT2D eigenvalue weighted by molar-refractivity contribution is -0.274. The van der Waals surface area contributed by atoms with E-state index in [0.29, 0.717) is 11.5 Å². The van der Waals surface area contributed by atoms with Crippen LogP contribution in [0.4, 0.5) is 13.2 Å². The monoisotopic (exact) mass is 393 g/mol. The van der Waals surface area contributed by atoms with Crippen molar-refractivity contribution in [2.24, 2.45) is 0 Å². The van der Waals surface area contributed by atoms with Crippen molar-refractivity contribution in [3.05, 3.63) is 71.0 Å². The Balaban J connectivity index is 1.63. The number of carbonyl (C=O) groups excluding carboxylic acids is 1. The van der Waals surface area contributed by atoms with Crippen LogP contribution in [0.3, 0.4) is 0 Å². The lowest BCUT2D eigenvalue weighted by Gasteiger charge is -2.13. The Hall–Kier alpha value is -3.56. The number of halogens is 3. The molecule has 0 aliphatic rings. The van der Waals surface area contributed by atoms with Gasteiger partial charge >= 0.3 is 6.36 Å². The van der Waals surface area contributed by atoms with E-state index in [1.807, 2.05) is 0 Å². The van der Waals surface area contributed by atoms with E-state index < -0.39 is 23.6 Å². The topological polar surface area (TPSA) is 86.4 Å². The van der Waals surface area contributed by atoms with Crippen molar-refractivity contribution in [3.63, 3.8) is 0 Å². The molecule has 10 heteroatoms. The van der Waals surface area contributed by atoms with Crippen molar-refractivity contribution < 1.29 is 27.1 Å². The van der Waals surface area contributed by atoms with Crippen LogP contribution in [0.15, 0.2) is 64.3 Å². The molecule has 0 saturated carbocycles. The van der Waals surface area contributed by atoms with Gasteiger partial charge in [-0.1, -0.05) is 18.2 Å². The van der Waals surface area contributed by atoms with Crippen LogP contribution in [0.1, 0.15) is 5.56 Å². The number of hydrogen-bond donors (Lipinski definition) is 1. The zero-order chi connectivity index (χ0) is 20.1. The van der Waals surface area contributed by atoms with Crippen molar-refractivity contribution >= 4 is 5.91 Å². The predicted molar refractivity (Wildman–Crippen MR) is 91.2 cm³/mol. The number of rotatable bonds is 6. The van der Waals surface area contributed by atoms with Crippen molar-refractivity contribution in [1.29, 1.82) is 0 Å². The summed E-state index contributed by atoms with van der Waals surface area (Å²) in [6.45, 7) is -0.537. The fourth-order valence-electron chi connectivity index (χ4n) is 2.38. The third-order valence-electron chi connectivity index (χ3n) is 3.64. The summed E-state index contributed by atoms with van der Waals surface area (Å²) in [4.78, 5) is 28.2. The summed E-state index contributed by atoms with van der Waals surface area (Å²) in [7, 11) is 0. The Kier molecular flexibility index (Phi) is 5.48. The molecule has 2 aromatic heterocycles. The first kappa shape index (κ1) is 19.2. The number of carbonyl (C=O) groups is 1. The summed E-state index contributed by atoms with van der Waals surface area (Å²) in [6.07, 6.45) is -2.20. The maximum atomic E-state index is 12.4. The Labute approximate surface area is 156 Å². The predicted octanol–water partition coefficient (Wildman–Crippen LogP) is 2.72. The molecule has 3 rings (SSSR count). The quantitative estimate of drug-likeness (QED) is 0.696. The molecule has 1 amide bonds. The highest BCUT2D eigenvalue weighted by Gasteiger charge is 2.31. The number of hydrogen-bond acceptors (Lipinski definition) is 5. The second kappa shape index (κ2) is 7.99. The third kappa shape index (κ3) is 5.00. The second-order valence-electron chi connectivity index (χ2n) is 5.65. The Bertz CT molecular complexity index is 1010. The highest BCUT2D eigenvalue weighted by molar-refractivity contribution is 5.75. The number of alkyl halides is 3. The average molecular weight is 393 g/mol. The highest BCUT2D eigenvalue weighted by Crippen LogP contribution is 2.26. The molecular formula is C18H14F3N3O4. The molecule has 0 bridgehead atoms. The number of nitrogens with one attached hydrogen (secondary N) is 1. The highest BCUT2D eigenvalue weighted by atomic mass is 19.4. The summed E-state index contributed by atoms with van der Waals surface area (Å²) in [5.41, 5.74) is -0.00551. The minimum atomic E-state index is -4.84. The van der Waals surface area contributed by atoms with Gasteiger partial charge in [0, 0.05) is 18.2 Å². The van der Waals surface area contributed by atoms with Crippen LogP contribution in [0.2, 0.25) is 0 Å². The van der Waals surface area contributed by atoms with Gasteiger partial charge in [0.2, 0.25) is 5.91 Å². The first-order valence-corrected chi connectivity index (χ1v) is 8.02. The lowest BCUT2D eigenvalue weighted by atomic mass is 10.2.